The Morgan fingerprint density at radius 3 is 1.80 bits per heavy atom. The molecule has 5 nitrogen and oxygen atoms in total. The zero-order chi connectivity index (χ0) is 19.2. The monoisotopic (exact) mass is 388 g/mol. The molecule has 0 spiro atoms. The van der Waals surface area contributed by atoms with Gasteiger partial charge in [-0.3, -0.25) is 4.79 Å². The van der Waals surface area contributed by atoms with E-state index in [0.29, 0.717) is 17.7 Å². The van der Waals surface area contributed by atoms with Crippen molar-refractivity contribution in [3.05, 3.63) is 0 Å². The Morgan fingerprint density at radius 2 is 1.36 bits per heavy atom. The lowest BCUT2D eigenvalue weighted by atomic mass is 10.1. The molecule has 0 aromatic rings. The average Bonchev–Trinajstić information content (AvgIpc) is 2.73. The number of Topliss-reactive ketones (excluding diaryl/α,β-unsaturated/α-hetero) is 1. The maximum absolute atomic E-state index is 12.6. The van der Waals surface area contributed by atoms with Gasteiger partial charge < -0.3 is 17.7 Å². The molecule has 2 heterocycles. The lowest BCUT2D eigenvalue weighted by Gasteiger charge is -2.50. The van der Waals surface area contributed by atoms with Crippen LogP contribution in [0.5, 0.6) is 0 Å². The third-order valence-corrected chi connectivity index (χ3v) is 16.0. The summed E-state index contributed by atoms with van der Waals surface area (Å²) in [6.45, 7) is 19.6. The maximum atomic E-state index is 12.6. The number of hydrogen-bond acceptors (Lipinski definition) is 5. The second-order valence-electron chi connectivity index (χ2n) is 8.73. The van der Waals surface area contributed by atoms with Crippen molar-refractivity contribution in [3.8, 4) is 0 Å². The quantitative estimate of drug-likeness (QED) is 0.672. The molecule has 0 aliphatic carbocycles. The van der Waals surface area contributed by atoms with E-state index in [-0.39, 0.29) is 23.0 Å². The predicted molar refractivity (Wildman–Crippen MR) is 103 cm³/mol. The molecule has 0 amide bonds. The minimum absolute atomic E-state index is 0.0265. The van der Waals surface area contributed by atoms with Crippen LogP contribution in [-0.2, 0) is 22.5 Å². The Labute approximate surface area is 155 Å². The molecule has 2 saturated heterocycles. The van der Waals surface area contributed by atoms with Crippen molar-refractivity contribution in [1.82, 2.24) is 0 Å². The van der Waals surface area contributed by atoms with Gasteiger partial charge in [-0.25, -0.2) is 0 Å². The van der Waals surface area contributed by atoms with Crippen molar-refractivity contribution in [2.24, 2.45) is 0 Å². The van der Waals surface area contributed by atoms with E-state index >= 15 is 0 Å². The molecule has 0 N–H and O–H groups in total. The summed E-state index contributed by atoms with van der Waals surface area (Å²) in [6, 6.07) is 0. The Balaban J connectivity index is 2.55. The van der Waals surface area contributed by atoms with Gasteiger partial charge in [-0.1, -0.05) is 55.4 Å². The van der Waals surface area contributed by atoms with E-state index in [1.165, 1.54) is 0 Å². The number of fused-ring (bicyclic) bond motifs is 1. The molecule has 0 unspecified atom stereocenters. The van der Waals surface area contributed by atoms with Gasteiger partial charge in [-0.15, -0.1) is 0 Å². The number of carbonyl (C=O) groups excluding carboxylic acids is 1. The van der Waals surface area contributed by atoms with Crippen molar-refractivity contribution in [2.75, 3.05) is 6.61 Å². The summed E-state index contributed by atoms with van der Waals surface area (Å²) in [6.07, 6.45) is -1.31. The van der Waals surface area contributed by atoms with Crippen LogP contribution in [0.4, 0.5) is 0 Å². The number of ketones is 1. The first-order valence-electron chi connectivity index (χ1n) is 9.69. The Kier molecular flexibility index (Phi) is 6.39. The first kappa shape index (κ1) is 21.2. The van der Waals surface area contributed by atoms with Gasteiger partial charge in [0.15, 0.2) is 5.78 Å². The van der Waals surface area contributed by atoms with Crippen LogP contribution in [0.1, 0.15) is 62.3 Å². The molecule has 146 valence electrons. The number of hydrogen-bond donors (Lipinski definition) is 0. The largest absolute Gasteiger partial charge is 0.414 e. The molecule has 2 aliphatic heterocycles. The van der Waals surface area contributed by atoms with Crippen LogP contribution in [0.3, 0.4) is 0 Å². The molecule has 0 bridgehead atoms. The second-order valence-corrected chi connectivity index (χ2v) is 17.6. The molecule has 0 aromatic heterocycles. The Morgan fingerprint density at radius 1 is 0.880 bits per heavy atom. The fourth-order valence-corrected chi connectivity index (χ4v) is 15.4. The molecule has 0 radical (unpaired) electrons. The van der Waals surface area contributed by atoms with Crippen molar-refractivity contribution in [3.63, 3.8) is 0 Å². The summed E-state index contributed by atoms with van der Waals surface area (Å²) in [5.41, 5.74) is 1.05. The van der Waals surface area contributed by atoms with Crippen LogP contribution in [0, 0.1) is 0 Å². The zero-order valence-corrected chi connectivity index (χ0v) is 19.3. The van der Waals surface area contributed by atoms with Gasteiger partial charge in [-0.2, -0.15) is 0 Å². The van der Waals surface area contributed by atoms with Crippen LogP contribution in [0.15, 0.2) is 0 Å². The second kappa shape index (κ2) is 7.52. The van der Waals surface area contributed by atoms with Crippen molar-refractivity contribution in [1.29, 1.82) is 0 Å². The van der Waals surface area contributed by atoms with E-state index in [4.69, 9.17) is 17.7 Å². The van der Waals surface area contributed by atoms with Crippen molar-refractivity contribution >= 4 is 22.9 Å². The molecule has 2 aliphatic rings. The molecule has 25 heavy (non-hydrogen) atoms. The van der Waals surface area contributed by atoms with Gasteiger partial charge in [0.1, 0.15) is 18.3 Å². The molecule has 2 rings (SSSR count). The van der Waals surface area contributed by atoms with Gasteiger partial charge in [0.05, 0.1) is 6.61 Å². The van der Waals surface area contributed by atoms with Crippen molar-refractivity contribution < 1.29 is 22.5 Å². The Bertz CT molecular complexity index is 476. The van der Waals surface area contributed by atoms with E-state index in [0.717, 1.165) is 0 Å². The first-order chi connectivity index (χ1) is 11.5. The van der Waals surface area contributed by atoms with Crippen LogP contribution < -0.4 is 0 Å². The molecule has 0 saturated carbocycles. The van der Waals surface area contributed by atoms with Crippen LogP contribution in [-0.4, -0.2) is 47.8 Å². The van der Waals surface area contributed by atoms with Crippen LogP contribution >= 0.6 is 0 Å². The maximum Gasteiger partial charge on any atom is 0.335 e. The normalized spacial score (nSPS) is 32.4. The fraction of sp³-hybridized carbons (Fsp3) is 0.944. The summed E-state index contributed by atoms with van der Waals surface area (Å²) in [4.78, 5) is 12.6. The van der Waals surface area contributed by atoms with E-state index < -0.39 is 29.3 Å². The zero-order valence-electron chi connectivity index (χ0n) is 17.3. The van der Waals surface area contributed by atoms with E-state index in [9.17, 15) is 4.79 Å². The van der Waals surface area contributed by atoms with Gasteiger partial charge in [0.25, 0.3) is 0 Å². The lowest BCUT2D eigenvalue weighted by molar-refractivity contribution is -0.126. The predicted octanol–water partition coefficient (Wildman–Crippen LogP) is 4.30. The number of rotatable bonds is 4. The number of ether oxygens (including phenoxy) is 1. The van der Waals surface area contributed by atoms with Gasteiger partial charge in [-0.05, 0) is 29.1 Å². The molecule has 7 heteroatoms. The summed E-state index contributed by atoms with van der Waals surface area (Å²) in [7, 11) is -5.24. The van der Waals surface area contributed by atoms with Crippen molar-refractivity contribution in [2.45, 2.75) is 103 Å². The molecule has 3 atom stereocenters. The Hall–Kier alpha value is -0.0562. The first-order valence-corrected chi connectivity index (χ1v) is 13.6. The van der Waals surface area contributed by atoms with Gasteiger partial charge in [0.2, 0.25) is 0 Å². The summed E-state index contributed by atoms with van der Waals surface area (Å²) in [5, 5.41) is 0. The molecule has 2 fully saturated rings. The molecule has 0 aromatic carbocycles. The number of carbonyl (C=O) groups is 1. The standard InChI is InChI=1S/C18H36O5Si2/c1-11(2)24(12(3)4)20-10-16-18(17(19)15(9)21-16)22-25(23-24,13(5)6)14(7)8/h11-16,18H,10H2,1-9H3/t15-,16+,18-/m0/s1. The summed E-state index contributed by atoms with van der Waals surface area (Å²) < 4.78 is 26.2. The summed E-state index contributed by atoms with van der Waals surface area (Å²) >= 11 is 0. The highest BCUT2D eigenvalue weighted by molar-refractivity contribution is 6.84. The fourth-order valence-electron chi connectivity index (χ4n) is 4.20. The van der Waals surface area contributed by atoms with Crippen LogP contribution in [0.2, 0.25) is 22.2 Å². The lowest BCUT2D eigenvalue weighted by Crippen LogP contribution is -2.65. The van der Waals surface area contributed by atoms with Gasteiger partial charge in [0, 0.05) is 0 Å². The minimum Gasteiger partial charge on any atom is -0.414 e. The van der Waals surface area contributed by atoms with Crippen LogP contribution in [0.25, 0.3) is 0 Å². The topological polar surface area (TPSA) is 54.0 Å². The highest BCUT2D eigenvalue weighted by Crippen LogP contribution is 2.46. The summed E-state index contributed by atoms with van der Waals surface area (Å²) in [5.74, 6) is 0.0265. The minimum atomic E-state index is -2.70. The van der Waals surface area contributed by atoms with E-state index in [2.05, 4.69) is 55.4 Å². The smallest absolute Gasteiger partial charge is 0.335 e. The third-order valence-electron chi connectivity index (χ3n) is 5.72. The van der Waals surface area contributed by atoms with E-state index in [1.807, 2.05) is 0 Å². The molecular weight excluding hydrogens is 352 g/mol. The van der Waals surface area contributed by atoms with Gasteiger partial charge >= 0.3 is 17.1 Å². The third kappa shape index (κ3) is 3.56. The average molecular weight is 389 g/mol. The highest BCUT2D eigenvalue weighted by Gasteiger charge is 2.61. The highest BCUT2D eigenvalue weighted by atomic mass is 28.5. The van der Waals surface area contributed by atoms with E-state index in [1.54, 1.807) is 6.92 Å². The SMILES string of the molecule is CC(C)[Si]1(C(C)C)OC[C@H]2O[C@@H](C)C(=O)[C@H]2O[Si](C(C)C)(C(C)C)O1. The molecular formula is C18H36O5Si2.